The quantitative estimate of drug-likeness (QED) is 0.159. The Balaban J connectivity index is 1.31. The van der Waals surface area contributed by atoms with Gasteiger partial charge in [0.2, 0.25) is 5.79 Å². The maximum absolute atomic E-state index is 13.6. The van der Waals surface area contributed by atoms with Crippen molar-refractivity contribution in [2.24, 2.45) is 46.8 Å². The lowest BCUT2D eigenvalue weighted by Gasteiger charge is -2.64. The van der Waals surface area contributed by atoms with Gasteiger partial charge in [0, 0.05) is 49.2 Å². The van der Waals surface area contributed by atoms with Crippen molar-refractivity contribution in [3.8, 4) is 0 Å². The molecule has 14 heteroatoms. The number of hydrogen-bond acceptors (Lipinski definition) is 14. The molecule has 19 atom stereocenters. The highest BCUT2D eigenvalue weighted by Crippen LogP contribution is 2.77. The fourth-order valence-corrected chi connectivity index (χ4v) is 12.8. The number of piperidine rings is 2. The number of aliphatic hydroxyl groups excluding tert-OH is 2. The molecule has 7 aliphatic rings. The van der Waals surface area contributed by atoms with E-state index in [0.29, 0.717) is 25.3 Å². The van der Waals surface area contributed by atoms with Crippen LogP contribution in [0.1, 0.15) is 100 Å². The summed E-state index contributed by atoms with van der Waals surface area (Å²) in [5.41, 5.74) is -7.99. The number of hydrogen-bond donors (Lipinski definition) is 6. The summed E-state index contributed by atoms with van der Waals surface area (Å²) in [4.78, 5) is 40.9. The van der Waals surface area contributed by atoms with Gasteiger partial charge in [-0.2, -0.15) is 0 Å². The molecule has 3 heterocycles. The number of nitrogens with zero attached hydrogens (tertiary/aromatic N) is 1. The van der Waals surface area contributed by atoms with Gasteiger partial charge in [-0.05, 0) is 83.5 Å². The zero-order chi connectivity index (χ0) is 39.0. The fraction of sp³-hybridized carbons (Fsp3) is 0.923. The van der Waals surface area contributed by atoms with E-state index < -0.39 is 118 Å². The zero-order valence-corrected chi connectivity index (χ0v) is 32.4. The summed E-state index contributed by atoms with van der Waals surface area (Å²) in [5, 5.41) is 74.2. The third-order valence-corrected chi connectivity index (χ3v) is 15.8. The van der Waals surface area contributed by atoms with E-state index in [-0.39, 0.29) is 25.3 Å². The second-order valence-electron chi connectivity index (χ2n) is 18.7. The molecule has 0 radical (unpaired) electrons. The topological polar surface area (TPSA) is 213 Å². The predicted octanol–water partition coefficient (Wildman–Crippen LogP) is 1.04. The van der Waals surface area contributed by atoms with Crippen LogP contribution in [-0.2, 0) is 33.3 Å². The van der Waals surface area contributed by atoms with Crippen molar-refractivity contribution >= 4 is 17.9 Å². The van der Waals surface area contributed by atoms with E-state index in [1.54, 1.807) is 13.8 Å². The van der Waals surface area contributed by atoms with Gasteiger partial charge < -0.3 is 49.6 Å². The molecule has 6 N–H and O–H groups in total. The average Bonchev–Trinajstić information content (AvgIpc) is 3.35. The number of carbonyl (C=O) groups is 3. The molecule has 53 heavy (non-hydrogen) atoms. The minimum Gasteiger partial charge on any atom is -0.459 e. The van der Waals surface area contributed by atoms with E-state index in [4.69, 9.17) is 18.9 Å². The Labute approximate surface area is 311 Å². The molecule has 0 aromatic heterocycles. The molecule has 3 saturated heterocycles. The van der Waals surface area contributed by atoms with Gasteiger partial charge in [0.1, 0.15) is 11.7 Å². The molecule has 7 fully saturated rings. The normalized spacial score (nSPS) is 52.1. The highest BCUT2D eigenvalue weighted by Gasteiger charge is 2.87. The molecule has 0 unspecified atom stereocenters. The number of rotatable bonds is 7. The van der Waals surface area contributed by atoms with Crippen LogP contribution in [0.3, 0.4) is 0 Å². The maximum atomic E-state index is 13.6. The van der Waals surface area contributed by atoms with Crippen molar-refractivity contribution in [3.05, 3.63) is 0 Å². The predicted molar refractivity (Wildman–Crippen MR) is 185 cm³/mol. The molecule has 4 aliphatic carbocycles. The van der Waals surface area contributed by atoms with Crippen LogP contribution in [0.4, 0.5) is 0 Å². The molecule has 0 amide bonds. The van der Waals surface area contributed by atoms with Crippen molar-refractivity contribution < 1.29 is 64.0 Å². The van der Waals surface area contributed by atoms with Crippen molar-refractivity contribution in [3.63, 3.8) is 0 Å². The molecule has 1 spiro atoms. The Bertz CT molecular complexity index is 1500. The van der Waals surface area contributed by atoms with Gasteiger partial charge in [0.05, 0.1) is 29.3 Å². The fourth-order valence-electron chi connectivity index (χ4n) is 12.8. The van der Waals surface area contributed by atoms with Crippen LogP contribution in [0.2, 0.25) is 0 Å². The molecular weight excluding hydrogens is 690 g/mol. The first-order valence-corrected chi connectivity index (χ1v) is 19.8. The lowest BCUT2D eigenvalue weighted by Crippen LogP contribution is -2.77. The van der Waals surface area contributed by atoms with Gasteiger partial charge in [0.15, 0.2) is 17.8 Å². The Morgan fingerprint density at radius 2 is 1.72 bits per heavy atom. The Kier molecular flexibility index (Phi) is 9.31. The molecule has 7 rings (SSSR count). The van der Waals surface area contributed by atoms with Gasteiger partial charge in [-0.15, -0.1) is 0 Å². The summed E-state index contributed by atoms with van der Waals surface area (Å²) in [6, 6.07) is -0.250. The summed E-state index contributed by atoms with van der Waals surface area (Å²) >= 11 is 0. The molecule has 4 bridgehead atoms. The first-order valence-electron chi connectivity index (χ1n) is 19.8. The smallest absolute Gasteiger partial charge is 0.342 e. The van der Waals surface area contributed by atoms with Gasteiger partial charge >= 0.3 is 17.9 Å². The number of ether oxygens (including phenoxy) is 4. The van der Waals surface area contributed by atoms with E-state index in [0.717, 1.165) is 26.3 Å². The van der Waals surface area contributed by atoms with Gasteiger partial charge in [-0.1, -0.05) is 27.7 Å². The van der Waals surface area contributed by atoms with Crippen LogP contribution >= 0.6 is 0 Å². The van der Waals surface area contributed by atoms with E-state index in [1.807, 2.05) is 13.8 Å². The van der Waals surface area contributed by atoms with Crippen LogP contribution in [0.25, 0.3) is 0 Å². The third kappa shape index (κ3) is 5.21. The molecular formula is C39H61NO13. The van der Waals surface area contributed by atoms with Crippen LogP contribution in [-0.4, -0.2) is 131 Å². The minimum atomic E-state index is -2.26. The zero-order valence-electron chi connectivity index (χ0n) is 32.4. The number of esters is 3. The van der Waals surface area contributed by atoms with Crippen molar-refractivity contribution in [2.75, 3.05) is 13.1 Å². The van der Waals surface area contributed by atoms with Crippen molar-refractivity contribution in [1.29, 1.82) is 0 Å². The molecule has 4 saturated carbocycles. The largest absolute Gasteiger partial charge is 0.459 e. The van der Waals surface area contributed by atoms with E-state index >= 15 is 0 Å². The Hall–Kier alpha value is -1.91. The summed E-state index contributed by atoms with van der Waals surface area (Å²) in [5.74, 6) is -8.65. The molecule has 0 aromatic rings. The van der Waals surface area contributed by atoms with Gasteiger partial charge in [-0.25, -0.2) is 4.79 Å². The monoisotopic (exact) mass is 751 g/mol. The highest BCUT2D eigenvalue weighted by molar-refractivity contribution is 5.80. The molecule has 300 valence electrons. The number of fused-ring (bicyclic) bond motifs is 5. The first-order chi connectivity index (χ1) is 24.5. The SMILES string of the molecule is CC[C@@H](C)C(=O)O[C@H]1[C@H](O)[C@H]2[C@@H](CN3C[C@@H](C)CC[C@H]3[C@@]2(C)O)[C@@H]2C[C@]34O[C@]5(O)[C@@H](OC(=O)[C@@](C)(O)[C@H](C)OC(C)=O)CC[C@@]3(C)[C@@H]5C[C@@H](O)[C@H]4[C@@]21O. The summed E-state index contributed by atoms with van der Waals surface area (Å²) in [6.45, 7) is 14.3. The van der Waals surface area contributed by atoms with Crippen molar-refractivity contribution in [2.45, 2.75) is 165 Å². The van der Waals surface area contributed by atoms with Crippen molar-refractivity contribution in [1.82, 2.24) is 4.90 Å². The van der Waals surface area contributed by atoms with E-state index in [2.05, 4.69) is 11.8 Å². The maximum Gasteiger partial charge on any atom is 0.342 e. The number of carbonyl (C=O) groups excluding carboxylic acids is 3. The first kappa shape index (κ1) is 39.3. The highest BCUT2D eigenvalue weighted by atomic mass is 16.7. The minimum absolute atomic E-state index is 0.0532. The Morgan fingerprint density at radius 1 is 1.04 bits per heavy atom. The van der Waals surface area contributed by atoms with E-state index in [1.165, 1.54) is 13.8 Å². The van der Waals surface area contributed by atoms with Crippen LogP contribution < -0.4 is 0 Å². The molecule has 14 nitrogen and oxygen atoms in total. The van der Waals surface area contributed by atoms with Gasteiger partial charge in [-0.3, -0.25) is 14.5 Å². The number of aliphatic hydroxyl groups is 6. The standard InChI is InChI=1S/C39H61NO13/c1-9-19(3)32(44)52-31-29(43)28-22(17-40-16-18(2)10-11-26(40)36(28,8)47)23-15-37-30(38(23,31)48)24(42)14-25-34(37,6)13-12-27(39(25,49)53-37)51-33(45)35(7,46)20(4)50-21(5)41/h18-20,22-31,42-43,46-49H,9-17H2,1-8H3/t18-,19+,20-,22-,23-,24+,25-,26-,27-,28+,29+,30+,31-,34-,35-,36+,37+,38-,39-/m0/s1. The summed E-state index contributed by atoms with van der Waals surface area (Å²) in [6.07, 6.45) is -4.16. The van der Waals surface area contributed by atoms with Crippen LogP contribution in [0.5, 0.6) is 0 Å². The van der Waals surface area contributed by atoms with Crippen LogP contribution in [0, 0.1) is 46.8 Å². The van der Waals surface area contributed by atoms with Crippen LogP contribution in [0.15, 0.2) is 0 Å². The van der Waals surface area contributed by atoms with E-state index in [9.17, 15) is 45.0 Å². The summed E-state index contributed by atoms with van der Waals surface area (Å²) < 4.78 is 24.0. The third-order valence-electron chi connectivity index (χ3n) is 15.8. The lowest BCUT2D eigenvalue weighted by molar-refractivity contribution is -0.300. The molecule has 3 aliphatic heterocycles. The molecule has 0 aromatic carbocycles. The average molecular weight is 752 g/mol. The second kappa shape index (κ2) is 12.5. The Morgan fingerprint density at radius 3 is 2.36 bits per heavy atom. The summed E-state index contributed by atoms with van der Waals surface area (Å²) in [7, 11) is 0. The second-order valence-corrected chi connectivity index (χ2v) is 18.7. The van der Waals surface area contributed by atoms with Gasteiger partial charge in [0.25, 0.3) is 0 Å². The lowest BCUT2D eigenvalue weighted by atomic mass is 9.49.